The zero-order valence-corrected chi connectivity index (χ0v) is 13.9. The summed E-state index contributed by atoms with van der Waals surface area (Å²) in [6, 6.07) is 8.30. The highest BCUT2D eigenvalue weighted by molar-refractivity contribution is 7.90. The molecular formula is C16H17NO3S2. The van der Waals surface area contributed by atoms with Crippen LogP contribution in [0.5, 0.6) is 0 Å². The van der Waals surface area contributed by atoms with Gasteiger partial charge in [0.1, 0.15) is 0 Å². The summed E-state index contributed by atoms with van der Waals surface area (Å²) in [5.41, 5.74) is 1.78. The van der Waals surface area contributed by atoms with Gasteiger partial charge in [-0.2, -0.15) is 0 Å². The van der Waals surface area contributed by atoms with Crippen LogP contribution < -0.4 is 5.32 Å². The monoisotopic (exact) mass is 335 g/mol. The van der Waals surface area contributed by atoms with Crippen molar-refractivity contribution in [1.29, 1.82) is 0 Å². The zero-order chi connectivity index (χ0) is 15.7. The number of hydrogen-bond donors (Lipinski definition) is 1. The number of benzene rings is 1. The van der Waals surface area contributed by atoms with Crippen molar-refractivity contribution in [3.05, 3.63) is 45.6 Å². The van der Waals surface area contributed by atoms with E-state index in [1.165, 1.54) is 35.4 Å². The van der Waals surface area contributed by atoms with Crippen molar-refractivity contribution in [3.63, 3.8) is 0 Å². The van der Waals surface area contributed by atoms with Crippen LogP contribution in [0, 0.1) is 0 Å². The molecule has 0 saturated heterocycles. The topological polar surface area (TPSA) is 63.2 Å². The summed E-state index contributed by atoms with van der Waals surface area (Å²) in [6.07, 6.45) is 5.62. The van der Waals surface area contributed by atoms with Crippen molar-refractivity contribution in [1.82, 2.24) is 0 Å². The first kappa shape index (κ1) is 15.2. The van der Waals surface area contributed by atoms with E-state index in [1.54, 1.807) is 23.5 Å². The Bertz CT molecular complexity index is 798. The molecule has 6 heteroatoms. The lowest BCUT2D eigenvalue weighted by Crippen LogP contribution is -2.10. The van der Waals surface area contributed by atoms with Gasteiger partial charge in [-0.1, -0.05) is 6.07 Å². The number of fused-ring (bicyclic) bond motifs is 1. The summed E-state index contributed by atoms with van der Waals surface area (Å²) < 4.78 is 23.1. The standard InChI is InChI=1S/C16H17NO3S2/c1-22(19,20)13-7-4-6-12(10-13)17-16(18)15-9-11-5-2-3-8-14(11)21-15/h4,6-7,9-10H,2-3,5,8H2,1H3,(H,17,18). The lowest BCUT2D eigenvalue weighted by molar-refractivity contribution is 0.103. The molecule has 1 aliphatic carbocycles. The van der Waals surface area contributed by atoms with Crippen molar-refractivity contribution >= 4 is 32.8 Å². The highest BCUT2D eigenvalue weighted by atomic mass is 32.2. The van der Waals surface area contributed by atoms with Crippen LogP contribution >= 0.6 is 11.3 Å². The Kier molecular flexibility index (Phi) is 4.06. The summed E-state index contributed by atoms with van der Waals surface area (Å²) in [5.74, 6) is -0.176. The number of sulfone groups is 1. The number of aryl methyl sites for hydroxylation is 2. The lowest BCUT2D eigenvalue weighted by atomic mass is 9.99. The number of amides is 1. The SMILES string of the molecule is CS(=O)(=O)c1cccc(NC(=O)c2cc3c(s2)CCCC3)c1. The van der Waals surface area contributed by atoms with Crippen molar-refractivity contribution in [2.75, 3.05) is 11.6 Å². The van der Waals surface area contributed by atoms with Gasteiger partial charge in [0, 0.05) is 16.8 Å². The van der Waals surface area contributed by atoms with Gasteiger partial charge >= 0.3 is 0 Å². The van der Waals surface area contributed by atoms with Gasteiger partial charge < -0.3 is 5.32 Å². The Morgan fingerprint density at radius 2 is 1.95 bits per heavy atom. The minimum absolute atomic E-state index is 0.176. The molecule has 0 spiro atoms. The third kappa shape index (κ3) is 3.23. The summed E-state index contributed by atoms with van der Waals surface area (Å²) >= 11 is 1.54. The second kappa shape index (κ2) is 5.85. The number of nitrogens with one attached hydrogen (secondary N) is 1. The van der Waals surface area contributed by atoms with Gasteiger partial charge in [-0.05, 0) is 55.5 Å². The summed E-state index contributed by atoms with van der Waals surface area (Å²) in [6.45, 7) is 0. The molecule has 1 N–H and O–H groups in total. The summed E-state index contributed by atoms with van der Waals surface area (Å²) in [4.78, 5) is 14.5. The van der Waals surface area contributed by atoms with E-state index in [4.69, 9.17) is 0 Å². The zero-order valence-electron chi connectivity index (χ0n) is 12.3. The van der Waals surface area contributed by atoms with Gasteiger partial charge in [-0.15, -0.1) is 11.3 Å². The molecule has 3 rings (SSSR count). The second-order valence-electron chi connectivity index (χ2n) is 5.52. The Balaban J connectivity index is 1.81. The van der Waals surface area contributed by atoms with Gasteiger partial charge in [-0.3, -0.25) is 4.79 Å². The molecular weight excluding hydrogens is 318 g/mol. The molecule has 1 amide bonds. The van der Waals surface area contributed by atoms with Gasteiger partial charge in [0.2, 0.25) is 0 Å². The number of hydrogen-bond acceptors (Lipinski definition) is 4. The molecule has 4 nitrogen and oxygen atoms in total. The average molecular weight is 335 g/mol. The smallest absolute Gasteiger partial charge is 0.265 e. The minimum atomic E-state index is -3.28. The van der Waals surface area contributed by atoms with Crippen LogP contribution in [0.15, 0.2) is 35.2 Å². The third-order valence-corrected chi connectivity index (χ3v) is 6.09. The molecule has 0 saturated carbocycles. The predicted octanol–water partition coefficient (Wildman–Crippen LogP) is 3.28. The van der Waals surface area contributed by atoms with E-state index < -0.39 is 9.84 Å². The fourth-order valence-corrected chi connectivity index (χ4v) is 4.42. The highest BCUT2D eigenvalue weighted by Gasteiger charge is 2.17. The molecule has 2 aromatic rings. The fraction of sp³-hybridized carbons (Fsp3) is 0.312. The van der Waals surface area contributed by atoms with Crippen LogP contribution in [0.1, 0.15) is 33.0 Å². The van der Waals surface area contributed by atoms with E-state index in [1.807, 2.05) is 6.07 Å². The maximum absolute atomic E-state index is 12.3. The molecule has 1 aromatic heterocycles. The lowest BCUT2D eigenvalue weighted by Gasteiger charge is -2.08. The maximum atomic E-state index is 12.3. The summed E-state index contributed by atoms with van der Waals surface area (Å²) in [5, 5.41) is 2.79. The predicted molar refractivity (Wildman–Crippen MR) is 88.5 cm³/mol. The van der Waals surface area contributed by atoms with E-state index in [0.29, 0.717) is 10.6 Å². The average Bonchev–Trinajstić information content (AvgIpc) is 2.90. The van der Waals surface area contributed by atoms with Crippen molar-refractivity contribution in [3.8, 4) is 0 Å². The van der Waals surface area contributed by atoms with Crippen LogP contribution in [-0.2, 0) is 22.7 Å². The number of rotatable bonds is 3. The van der Waals surface area contributed by atoms with Crippen LogP contribution in [0.3, 0.4) is 0 Å². The molecule has 1 aliphatic rings. The molecule has 0 aliphatic heterocycles. The van der Waals surface area contributed by atoms with E-state index in [9.17, 15) is 13.2 Å². The second-order valence-corrected chi connectivity index (χ2v) is 8.67. The molecule has 0 bridgehead atoms. The van der Waals surface area contributed by atoms with E-state index in [2.05, 4.69) is 5.32 Å². The number of anilines is 1. The van der Waals surface area contributed by atoms with E-state index >= 15 is 0 Å². The van der Waals surface area contributed by atoms with Crippen molar-refractivity contribution in [2.45, 2.75) is 30.6 Å². The fourth-order valence-electron chi connectivity index (χ4n) is 2.60. The minimum Gasteiger partial charge on any atom is -0.321 e. The largest absolute Gasteiger partial charge is 0.321 e. The Hall–Kier alpha value is -1.66. The molecule has 116 valence electrons. The number of carbonyl (C=O) groups is 1. The Morgan fingerprint density at radius 1 is 1.18 bits per heavy atom. The maximum Gasteiger partial charge on any atom is 0.265 e. The molecule has 22 heavy (non-hydrogen) atoms. The first-order chi connectivity index (χ1) is 10.4. The van der Waals surface area contributed by atoms with Gasteiger partial charge in [0.25, 0.3) is 5.91 Å². The highest BCUT2D eigenvalue weighted by Crippen LogP contribution is 2.30. The molecule has 0 fully saturated rings. The van der Waals surface area contributed by atoms with Crippen LogP contribution in [0.25, 0.3) is 0 Å². The quantitative estimate of drug-likeness (QED) is 0.936. The van der Waals surface area contributed by atoms with Gasteiger partial charge in [0.05, 0.1) is 9.77 Å². The first-order valence-corrected chi connectivity index (χ1v) is 9.87. The molecule has 0 unspecified atom stereocenters. The van der Waals surface area contributed by atoms with Gasteiger partial charge in [0.15, 0.2) is 9.84 Å². The third-order valence-electron chi connectivity index (χ3n) is 3.74. The molecule has 1 heterocycles. The van der Waals surface area contributed by atoms with Crippen molar-refractivity contribution in [2.24, 2.45) is 0 Å². The van der Waals surface area contributed by atoms with E-state index in [-0.39, 0.29) is 10.8 Å². The normalized spacial score (nSPS) is 14.4. The Morgan fingerprint density at radius 3 is 2.68 bits per heavy atom. The number of carbonyl (C=O) groups excluding carboxylic acids is 1. The molecule has 0 atom stereocenters. The number of thiophene rings is 1. The van der Waals surface area contributed by atoms with E-state index in [0.717, 1.165) is 19.1 Å². The summed E-state index contributed by atoms with van der Waals surface area (Å²) in [7, 11) is -3.28. The van der Waals surface area contributed by atoms with Crippen molar-refractivity contribution < 1.29 is 13.2 Å². The van der Waals surface area contributed by atoms with Crippen LogP contribution in [0.4, 0.5) is 5.69 Å². The van der Waals surface area contributed by atoms with Gasteiger partial charge in [-0.25, -0.2) is 8.42 Å². The molecule has 1 aromatic carbocycles. The first-order valence-electron chi connectivity index (χ1n) is 7.16. The molecule has 0 radical (unpaired) electrons. The Labute approximate surface area is 134 Å². The van der Waals surface area contributed by atoms with Crippen LogP contribution in [-0.4, -0.2) is 20.6 Å². The van der Waals surface area contributed by atoms with Crippen LogP contribution in [0.2, 0.25) is 0 Å².